The number of fused-ring (bicyclic) bond motifs is 1. The van der Waals surface area contributed by atoms with Gasteiger partial charge in [-0.3, -0.25) is 9.59 Å². The minimum Gasteiger partial charge on any atom is -0.316 e. The van der Waals surface area contributed by atoms with E-state index < -0.39 is 21.1 Å². The fraction of sp³-hybridized carbons (Fsp3) is 0.125. The first-order valence-electron chi connectivity index (χ1n) is 7.36. The summed E-state index contributed by atoms with van der Waals surface area (Å²) in [6, 6.07) is 11.2. The van der Waals surface area contributed by atoms with E-state index in [0.29, 0.717) is 17.0 Å². The predicted molar refractivity (Wildman–Crippen MR) is 95.5 cm³/mol. The van der Waals surface area contributed by atoms with E-state index in [1.54, 1.807) is 12.1 Å². The molecule has 0 saturated carbocycles. The van der Waals surface area contributed by atoms with Gasteiger partial charge in [0.05, 0.1) is 15.9 Å². The Kier molecular flexibility index (Phi) is 4.76. The first kappa shape index (κ1) is 17.4. The maximum absolute atomic E-state index is 12.4. The van der Waals surface area contributed by atoms with Gasteiger partial charge in [-0.05, 0) is 42.3 Å². The molecule has 0 bridgehead atoms. The van der Waals surface area contributed by atoms with Crippen LogP contribution in [-0.2, 0) is 16.4 Å². The molecule has 7 nitrogen and oxygen atoms in total. The van der Waals surface area contributed by atoms with Crippen molar-refractivity contribution in [1.29, 1.82) is 0 Å². The highest BCUT2D eigenvalue weighted by molar-refractivity contribution is 7.89. The standard InChI is InChI=1S/C16H14ClN3O4S/c17-11-3-1-10(2-4-11)7-8-18-25(23,24)12-5-6-13-14(9-12)20-16(22)15(21)19-13/h1-6,9,18H,7-8H2,(H,19,21)(H,20,22). The third-order valence-corrected chi connectivity index (χ3v) is 5.33. The Hall–Kier alpha value is -2.42. The molecule has 0 amide bonds. The lowest BCUT2D eigenvalue weighted by atomic mass is 10.2. The van der Waals surface area contributed by atoms with E-state index >= 15 is 0 Å². The minimum atomic E-state index is -3.74. The summed E-state index contributed by atoms with van der Waals surface area (Å²) in [4.78, 5) is 27.4. The molecule has 3 rings (SSSR count). The molecule has 25 heavy (non-hydrogen) atoms. The number of hydrogen-bond acceptors (Lipinski definition) is 4. The third kappa shape index (κ3) is 3.98. The van der Waals surface area contributed by atoms with E-state index in [2.05, 4.69) is 14.7 Å². The zero-order valence-corrected chi connectivity index (χ0v) is 14.4. The van der Waals surface area contributed by atoms with Gasteiger partial charge in [-0.25, -0.2) is 13.1 Å². The summed E-state index contributed by atoms with van der Waals surface area (Å²) in [5.41, 5.74) is -0.0793. The molecule has 1 aromatic heterocycles. The van der Waals surface area contributed by atoms with Crippen molar-refractivity contribution in [2.24, 2.45) is 0 Å². The summed E-state index contributed by atoms with van der Waals surface area (Å²) in [5, 5.41) is 0.618. The van der Waals surface area contributed by atoms with Gasteiger partial charge in [0.25, 0.3) is 0 Å². The molecule has 0 spiro atoms. The Morgan fingerprint density at radius 1 is 0.920 bits per heavy atom. The monoisotopic (exact) mass is 379 g/mol. The molecule has 0 radical (unpaired) electrons. The average molecular weight is 380 g/mol. The van der Waals surface area contributed by atoms with E-state index in [0.717, 1.165) is 5.56 Å². The van der Waals surface area contributed by atoms with Crippen LogP contribution in [0.1, 0.15) is 5.56 Å². The quantitative estimate of drug-likeness (QED) is 0.581. The summed E-state index contributed by atoms with van der Waals surface area (Å²) < 4.78 is 27.3. The molecule has 9 heteroatoms. The zero-order valence-electron chi connectivity index (χ0n) is 12.9. The van der Waals surface area contributed by atoms with Crippen molar-refractivity contribution in [3.63, 3.8) is 0 Å². The van der Waals surface area contributed by atoms with Crippen molar-refractivity contribution < 1.29 is 8.42 Å². The van der Waals surface area contributed by atoms with Crippen molar-refractivity contribution >= 4 is 32.7 Å². The summed E-state index contributed by atoms with van der Waals surface area (Å²) in [5.74, 6) is 0. The van der Waals surface area contributed by atoms with Gasteiger partial charge in [0.15, 0.2) is 0 Å². The normalized spacial score (nSPS) is 11.7. The highest BCUT2D eigenvalue weighted by Crippen LogP contribution is 2.14. The fourth-order valence-electron chi connectivity index (χ4n) is 2.33. The van der Waals surface area contributed by atoms with E-state index in [4.69, 9.17) is 11.6 Å². The number of H-pyrrole nitrogens is 2. The van der Waals surface area contributed by atoms with Gasteiger partial charge >= 0.3 is 11.1 Å². The maximum atomic E-state index is 12.4. The highest BCUT2D eigenvalue weighted by atomic mass is 35.5. The van der Waals surface area contributed by atoms with E-state index in [1.807, 2.05) is 12.1 Å². The average Bonchev–Trinajstić information content (AvgIpc) is 2.57. The number of sulfonamides is 1. The molecule has 0 aliphatic carbocycles. The number of benzene rings is 2. The maximum Gasteiger partial charge on any atom is 0.314 e. The topological polar surface area (TPSA) is 112 Å². The third-order valence-electron chi connectivity index (χ3n) is 3.62. The van der Waals surface area contributed by atoms with Crippen LogP contribution in [0.15, 0.2) is 56.9 Å². The molecule has 0 unspecified atom stereocenters. The van der Waals surface area contributed by atoms with Crippen LogP contribution in [0.2, 0.25) is 5.02 Å². The molecular formula is C16H14ClN3O4S. The molecule has 2 aromatic carbocycles. The Labute approximate surface area is 147 Å². The van der Waals surface area contributed by atoms with Crippen molar-refractivity contribution in [1.82, 2.24) is 14.7 Å². The molecule has 3 aromatic rings. The highest BCUT2D eigenvalue weighted by Gasteiger charge is 2.14. The number of rotatable bonds is 5. The number of halogens is 1. The van der Waals surface area contributed by atoms with Crippen molar-refractivity contribution in [3.05, 3.63) is 73.8 Å². The molecule has 130 valence electrons. The van der Waals surface area contributed by atoms with Crippen molar-refractivity contribution in [2.75, 3.05) is 6.54 Å². The molecule has 0 atom stereocenters. The van der Waals surface area contributed by atoms with E-state index in [-0.39, 0.29) is 17.0 Å². The van der Waals surface area contributed by atoms with Crippen LogP contribution < -0.4 is 15.8 Å². The molecular weight excluding hydrogens is 366 g/mol. The van der Waals surface area contributed by atoms with Gasteiger partial charge in [-0.2, -0.15) is 0 Å². The summed E-state index contributed by atoms with van der Waals surface area (Å²) in [7, 11) is -3.74. The van der Waals surface area contributed by atoms with Crippen LogP contribution in [0, 0.1) is 0 Å². The summed E-state index contributed by atoms with van der Waals surface area (Å²) >= 11 is 5.81. The second kappa shape index (κ2) is 6.83. The van der Waals surface area contributed by atoms with Crippen molar-refractivity contribution in [2.45, 2.75) is 11.3 Å². The van der Waals surface area contributed by atoms with Gasteiger partial charge in [0.1, 0.15) is 0 Å². The first-order valence-corrected chi connectivity index (χ1v) is 9.22. The van der Waals surface area contributed by atoms with Gasteiger partial charge in [0.2, 0.25) is 10.0 Å². The lowest BCUT2D eigenvalue weighted by Gasteiger charge is -2.08. The van der Waals surface area contributed by atoms with Crippen molar-refractivity contribution in [3.8, 4) is 0 Å². The van der Waals surface area contributed by atoms with Crippen LogP contribution >= 0.6 is 11.6 Å². The van der Waals surface area contributed by atoms with Gasteiger partial charge in [-0.15, -0.1) is 0 Å². The van der Waals surface area contributed by atoms with Gasteiger partial charge < -0.3 is 9.97 Å². The Bertz CT molecular complexity index is 1130. The van der Waals surface area contributed by atoms with E-state index in [1.165, 1.54) is 18.2 Å². The first-order chi connectivity index (χ1) is 11.8. The zero-order chi connectivity index (χ0) is 18.0. The van der Waals surface area contributed by atoms with Crippen LogP contribution in [-0.4, -0.2) is 24.9 Å². The van der Waals surface area contributed by atoms with Crippen LogP contribution in [0.25, 0.3) is 11.0 Å². The van der Waals surface area contributed by atoms with Crippen LogP contribution in [0.4, 0.5) is 0 Å². The summed E-state index contributed by atoms with van der Waals surface area (Å²) in [6.07, 6.45) is 0.508. The molecule has 0 aliphatic heterocycles. The van der Waals surface area contributed by atoms with E-state index in [9.17, 15) is 18.0 Å². The fourth-order valence-corrected chi connectivity index (χ4v) is 3.51. The molecule has 0 fully saturated rings. The number of hydrogen-bond donors (Lipinski definition) is 3. The SMILES string of the molecule is O=c1[nH]c2ccc(S(=O)(=O)NCCc3ccc(Cl)cc3)cc2[nH]c1=O. The van der Waals surface area contributed by atoms with Gasteiger partial charge in [-0.1, -0.05) is 23.7 Å². The van der Waals surface area contributed by atoms with Crippen LogP contribution in [0.5, 0.6) is 0 Å². The predicted octanol–water partition coefficient (Wildman–Crippen LogP) is 1.39. The number of aromatic nitrogens is 2. The van der Waals surface area contributed by atoms with Crippen LogP contribution in [0.3, 0.4) is 0 Å². The largest absolute Gasteiger partial charge is 0.316 e. The molecule has 1 heterocycles. The van der Waals surface area contributed by atoms with Gasteiger partial charge in [0, 0.05) is 11.6 Å². The molecule has 0 saturated heterocycles. The minimum absolute atomic E-state index is 0.00111. The Balaban J connectivity index is 1.78. The number of nitrogens with one attached hydrogen (secondary N) is 3. The Morgan fingerprint density at radius 3 is 2.24 bits per heavy atom. The lowest BCUT2D eigenvalue weighted by Crippen LogP contribution is -2.29. The molecule has 0 aliphatic rings. The smallest absolute Gasteiger partial charge is 0.314 e. The summed E-state index contributed by atoms with van der Waals surface area (Å²) in [6.45, 7) is 0.212. The molecule has 3 N–H and O–H groups in total. The second-order valence-corrected chi connectivity index (χ2v) is 7.59. The number of aromatic amines is 2. The Morgan fingerprint density at radius 2 is 1.56 bits per heavy atom. The second-order valence-electron chi connectivity index (χ2n) is 5.39. The lowest BCUT2D eigenvalue weighted by molar-refractivity contribution is 0.581.